The van der Waals surface area contributed by atoms with Crippen LogP contribution in [0.4, 0.5) is 0 Å². The number of hydrogen-bond acceptors (Lipinski definition) is 1. The molecule has 1 radical (unpaired) electrons. The zero-order valence-electron chi connectivity index (χ0n) is 17.0. The Labute approximate surface area is 181 Å². The van der Waals surface area contributed by atoms with Gasteiger partial charge in [-0.25, -0.2) is 0 Å². The molecule has 0 amide bonds. The molecule has 0 atom stereocenters. The Hall–Kier alpha value is 0.0839. The molecular weight excluding hydrogens is 383 g/mol. The fourth-order valence-electron chi connectivity index (χ4n) is 4.00. The molecule has 1 saturated heterocycles. The topological polar surface area (TPSA) is 9.23 Å². The van der Waals surface area contributed by atoms with Crippen molar-refractivity contribution in [2.75, 3.05) is 32.8 Å². The first-order valence-electron chi connectivity index (χ1n) is 10.1. The fourth-order valence-corrected chi connectivity index (χ4v) is 4.00. The Morgan fingerprint density at radius 2 is 1.48 bits per heavy atom. The third-order valence-electron chi connectivity index (χ3n) is 5.67. The Kier molecular flexibility index (Phi) is 10.8. The van der Waals surface area contributed by atoms with E-state index in [-0.39, 0.29) is 32.7 Å². The third kappa shape index (κ3) is 7.69. The predicted octanol–water partition coefficient (Wildman–Crippen LogP) is 5.51. The summed E-state index contributed by atoms with van der Waals surface area (Å²) in [5.41, 5.74) is 2.52. The molecule has 0 N–H and O–H groups in total. The van der Waals surface area contributed by atoms with Gasteiger partial charge in [-0.3, -0.25) is 0 Å². The Balaban J connectivity index is 0.00000312. The van der Waals surface area contributed by atoms with Crippen molar-refractivity contribution in [2.24, 2.45) is 5.92 Å². The van der Waals surface area contributed by atoms with Crippen molar-refractivity contribution in [2.45, 2.75) is 66.2 Å². The molecule has 139 valence electrons. The molecule has 0 unspecified atom stereocenters. The van der Waals surface area contributed by atoms with Crippen LogP contribution < -0.4 is 4.74 Å². The number of likely N-dealkylation sites (tertiary alicyclic amines) is 1. The van der Waals surface area contributed by atoms with Crippen LogP contribution in [0.25, 0.3) is 0 Å². The van der Waals surface area contributed by atoms with Crippen molar-refractivity contribution in [1.82, 2.24) is 0 Å². The average Bonchev–Trinajstić information content (AvgIpc) is 2.51. The Bertz CT molecular complexity index is 473. The molecule has 25 heavy (non-hydrogen) atoms. The average molecular weight is 421 g/mol. The van der Waals surface area contributed by atoms with Crippen molar-refractivity contribution in [3.8, 4) is 5.75 Å². The van der Waals surface area contributed by atoms with Gasteiger partial charge in [0.25, 0.3) is 0 Å². The first-order valence-corrected chi connectivity index (χ1v) is 10.1. The van der Waals surface area contributed by atoms with Gasteiger partial charge < -0.3 is 9.22 Å². The number of quaternary nitrogens is 1. The number of hydrogen-bond donors (Lipinski definition) is 0. The first kappa shape index (κ1) is 23.1. The van der Waals surface area contributed by atoms with Gasteiger partial charge in [0.2, 0.25) is 0 Å². The molecule has 0 bridgehead atoms. The van der Waals surface area contributed by atoms with Crippen LogP contribution in [-0.2, 0) is 32.7 Å². The van der Waals surface area contributed by atoms with E-state index in [9.17, 15) is 0 Å². The summed E-state index contributed by atoms with van der Waals surface area (Å²) < 4.78 is 7.54. The molecular formula is C22H38NOY+. The number of nitrogens with zero attached hydrogens (tertiary/aromatic N) is 1. The van der Waals surface area contributed by atoms with Crippen molar-refractivity contribution in [3.63, 3.8) is 0 Å². The van der Waals surface area contributed by atoms with Gasteiger partial charge in [-0.1, -0.05) is 38.5 Å². The molecule has 1 fully saturated rings. The van der Waals surface area contributed by atoms with E-state index >= 15 is 0 Å². The van der Waals surface area contributed by atoms with Gasteiger partial charge in [0.05, 0.1) is 19.6 Å². The van der Waals surface area contributed by atoms with Crippen LogP contribution in [-0.4, -0.2) is 37.3 Å². The number of para-hydroxylation sites is 1. The molecule has 3 heteroatoms. The zero-order chi connectivity index (χ0) is 17.4. The second kappa shape index (κ2) is 11.7. The largest absolute Gasteiger partial charge is 0.487 e. The van der Waals surface area contributed by atoms with E-state index in [0.717, 1.165) is 18.3 Å². The van der Waals surface area contributed by atoms with Gasteiger partial charge in [0, 0.05) is 32.7 Å². The van der Waals surface area contributed by atoms with E-state index in [1.807, 2.05) is 0 Å². The summed E-state index contributed by atoms with van der Waals surface area (Å²) in [4.78, 5) is 0. The Morgan fingerprint density at radius 1 is 0.920 bits per heavy atom. The van der Waals surface area contributed by atoms with Crippen molar-refractivity contribution in [1.29, 1.82) is 0 Å². The third-order valence-corrected chi connectivity index (χ3v) is 5.67. The minimum Gasteiger partial charge on any atom is -0.487 e. The van der Waals surface area contributed by atoms with Gasteiger partial charge in [-0.05, 0) is 63.0 Å². The number of benzene rings is 1. The zero-order valence-corrected chi connectivity index (χ0v) is 19.9. The van der Waals surface area contributed by atoms with Crippen LogP contribution in [0, 0.1) is 19.8 Å². The van der Waals surface area contributed by atoms with Crippen molar-refractivity contribution in [3.05, 3.63) is 29.3 Å². The van der Waals surface area contributed by atoms with Crippen LogP contribution >= 0.6 is 0 Å². The fraction of sp³-hybridized carbons (Fsp3) is 0.727. The van der Waals surface area contributed by atoms with Crippen LogP contribution in [0.1, 0.15) is 63.5 Å². The summed E-state index contributed by atoms with van der Waals surface area (Å²) >= 11 is 0. The van der Waals surface area contributed by atoms with Crippen LogP contribution in [0.5, 0.6) is 5.75 Å². The van der Waals surface area contributed by atoms with Gasteiger partial charge >= 0.3 is 0 Å². The summed E-state index contributed by atoms with van der Waals surface area (Å²) in [6, 6.07) is 6.43. The SMILES string of the molecule is Cc1cccc(C)c1OCC[N+]1(CCC(C)C)CCCCCCC1.[Y]. The molecule has 0 aliphatic carbocycles. The maximum Gasteiger partial charge on any atom is 0.137 e. The number of ether oxygens (including phenoxy) is 1. The smallest absolute Gasteiger partial charge is 0.137 e. The summed E-state index contributed by atoms with van der Waals surface area (Å²) in [7, 11) is 0. The summed E-state index contributed by atoms with van der Waals surface area (Å²) in [6.45, 7) is 15.1. The van der Waals surface area contributed by atoms with Gasteiger partial charge in [0.1, 0.15) is 18.9 Å². The monoisotopic (exact) mass is 421 g/mol. The summed E-state index contributed by atoms with van der Waals surface area (Å²) in [5, 5.41) is 0. The summed E-state index contributed by atoms with van der Waals surface area (Å²) in [6.07, 6.45) is 8.38. The van der Waals surface area contributed by atoms with Gasteiger partial charge in [-0.15, -0.1) is 0 Å². The molecule has 1 aliphatic rings. The van der Waals surface area contributed by atoms with Crippen LogP contribution in [0.3, 0.4) is 0 Å². The maximum atomic E-state index is 6.26. The van der Waals surface area contributed by atoms with Crippen LogP contribution in [0.2, 0.25) is 0 Å². The van der Waals surface area contributed by atoms with Crippen molar-refractivity contribution < 1.29 is 41.9 Å². The Morgan fingerprint density at radius 3 is 2.04 bits per heavy atom. The van der Waals surface area contributed by atoms with E-state index in [1.165, 1.54) is 80.3 Å². The predicted molar refractivity (Wildman–Crippen MR) is 104 cm³/mol. The maximum absolute atomic E-state index is 6.26. The molecule has 1 aromatic carbocycles. The normalized spacial score (nSPS) is 17.5. The summed E-state index contributed by atoms with van der Waals surface area (Å²) in [5.74, 6) is 1.90. The van der Waals surface area contributed by atoms with E-state index in [1.54, 1.807) is 0 Å². The van der Waals surface area contributed by atoms with E-state index in [4.69, 9.17) is 4.74 Å². The van der Waals surface area contributed by atoms with E-state index < -0.39 is 0 Å². The minimum atomic E-state index is 0. The molecule has 0 spiro atoms. The van der Waals surface area contributed by atoms with Gasteiger partial charge in [-0.2, -0.15) is 0 Å². The molecule has 1 heterocycles. The van der Waals surface area contributed by atoms with E-state index in [2.05, 4.69) is 45.9 Å². The first-order chi connectivity index (χ1) is 11.5. The number of rotatable bonds is 7. The molecule has 1 aromatic rings. The molecule has 2 rings (SSSR count). The van der Waals surface area contributed by atoms with Crippen molar-refractivity contribution >= 4 is 0 Å². The quantitative estimate of drug-likeness (QED) is 0.528. The molecule has 1 aliphatic heterocycles. The minimum absolute atomic E-state index is 0. The molecule has 0 aromatic heterocycles. The van der Waals surface area contributed by atoms with Crippen LogP contribution in [0.15, 0.2) is 18.2 Å². The second-order valence-corrected chi connectivity index (χ2v) is 8.26. The van der Waals surface area contributed by atoms with E-state index in [0.29, 0.717) is 0 Å². The second-order valence-electron chi connectivity index (χ2n) is 8.26. The molecule has 0 saturated carbocycles. The number of aryl methyl sites for hydroxylation is 2. The van der Waals surface area contributed by atoms with Gasteiger partial charge in [0.15, 0.2) is 0 Å². The standard InChI is InChI=1S/C22H38NO.Y/c1-19(2)13-16-23(14-8-6-5-7-9-15-23)17-18-24-22-20(3)11-10-12-21(22)4;/h10-12,19H,5-9,13-18H2,1-4H3;/q+1;. The molecule has 2 nitrogen and oxygen atoms in total.